The minimum atomic E-state index is 0.715. The quantitative estimate of drug-likeness (QED) is 0.484. The van der Waals surface area contributed by atoms with Crippen LogP contribution in [0.5, 0.6) is 0 Å². The Morgan fingerprint density at radius 3 is 2.39 bits per heavy atom. The Balaban J connectivity index is 1.68. The highest BCUT2D eigenvalue weighted by atomic mass is 32.1. The molecule has 2 aromatic heterocycles. The Morgan fingerprint density at radius 2 is 1.61 bits per heavy atom. The molecule has 7 heteroatoms. The van der Waals surface area contributed by atoms with Crippen LogP contribution in [0.25, 0.3) is 32.9 Å². The molecular formula is C21H14N6S. The molecule has 0 atom stereocenters. The number of aromatic nitrogens is 2. The van der Waals surface area contributed by atoms with E-state index in [1.54, 1.807) is 11.3 Å². The van der Waals surface area contributed by atoms with Crippen LogP contribution in [-0.4, -0.2) is 33.9 Å². The average Bonchev–Trinajstić information content (AvgIpc) is 3.38. The fraction of sp³-hybridized carbons (Fsp3) is 0.0952. The van der Waals surface area contributed by atoms with E-state index >= 15 is 0 Å². The van der Waals surface area contributed by atoms with E-state index < -0.39 is 0 Å². The van der Waals surface area contributed by atoms with Gasteiger partial charge in [-0.1, -0.05) is 65.9 Å². The van der Waals surface area contributed by atoms with Crippen LogP contribution in [0.4, 0.5) is 5.69 Å². The van der Waals surface area contributed by atoms with Gasteiger partial charge >= 0.3 is 0 Å². The number of nitrogens with zero attached hydrogens (tertiary/aromatic N) is 6. The summed E-state index contributed by atoms with van der Waals surface area (Å²) < 4.78 is 0. The molecule has 2 aliphatic heterocycles. The largest absolute Gasteiger partial charge is 0.264 e. The number of aliphatic imine (C=N–C) groups is 1. The molecule has 2 aliphatic rings. The van der Waals surface area contributed by atoms with Crippen LogP contribution < -0.4 is 0 Å². The topological polar surface area (TPSA) is 66.1 Å². The number of thiophene rings is 1. The van der Waals surface area contributed by atoms with E-state index in [0.29, 0.717) is 5.82 Å². The Morgan fingerprint density at radius 1 is 0.857 bits per heavy atom. The highest BCUT2D eigenvalue weighted by Crippen LogP contribution is 2.45. The van der Waals surface area contributed by atoms with Gasteiger partial charge in [-0.05, 0) is 0 Å². The number of benzene rings is 2. The zero-order valence-electron chi connectivity index (χ0n) is 14.8. The monoisotopic (exact) mass is 382 g/mol. The van der Waals surface area contributed by atoms with E-state index in [2.05, 4.69) is 27.5 Å². The summed E-state index contributed by atoms with van der Waals surface area (Å²) in [6.45, 7) is 1.52. The molecule has 0 unspecified atom stereocenters. The summed E-state index contributed by atoms with van der Waals surface area (Å²) in [5.74, 6) is 1.61. The van der Waals surface area contributed by atoms with Crippen molar-refractivity contribution in [2.75, 3.05) is 13.1 Å². The molecule has 4 heterocycles. The van der Waals surface area contributed by atoms with Crippen molar-refractivity contribution in [2.45, 2.75) is 0 Å². The Hall–Kier alpha value is -3.45. The third kappa shape index (κ3) is 2.30. The fourth-order valence-corrected chi connectivity index (χ4v) is 4.69. The van der Waals surface area contributed by atoms with Crippen molar-refractivity contribution in [2.24, 2.45) is 15.3 Å². The van der Waals surface area contributed by atoms with Gasteiger partial charge < -0.3 is 0 Å². The zero-order valence-corrected chi connectivity index (χ0v) is 15.6. The smallest absolute Gasteiger partial charge is 0.165 e. The van der Waals surface area contributed by atoms with E-state index in [4.69, 9.17) is 9.97 Å². The molecule has 28 heavy (non-hydrogen) atoms. The maximum atomic E-state index is 4.95. The molecule has 0 saturated carbocycles. The second kappa shape index (κ2) is 6.03. The van der Waals surface area contributed by atoms with Crippen molar-refractivity contribution < 1.29 is 0 Å². The summed E-state index contributed by atoms with van der Waals surface area (Å²) >= 11 is 1.62. The van der Waals surface area contributed by atoms with E-state index in [9.17, 15) is 0 Å². The molecule has 2 aromatic carbocycles. The lowest BCUT2D eigenvalue weighted by molar-refractivity contribution is 0.454. The second-order valence-electron chi connectivity index (χ2n) is 6.61. The van der Waals surface area contributed by atoms with Crippen molar-refractivity contribution in [1.29, 1.82) is 0 Å². The van der Waals surface area contributed by atoms with Gasteiger partial charge in [-0.3, -0.25) is 4.99 Å². The summed E-state index contributed by atoms with van der Waals surface area (Å²) in [5.41, 5.74) is 3.75. The van der Waals surface area contributed by atoms with Crippen LogP contribution in [0.3, 0.4) is 0 Å². The summed E-state index contributed by atoms with van der Waals surface area (Å²) in [5, 5.41) is 11.7. The third-order valence-electron chi connectivity index (χ3n) is 4.88. The van der Waals surface area contributed by atoms with Gasteiger partial charge in [0.25, 0.3) is 0 Å². The van der Waals surface area contributed by atoms with Crippen LogP contribution in [-0.2, 0) is 0 Å². The molecule has 4 aromatic rings. The Kier molecular flexibility index (Phi) is 3.36. The minimum Gasteiger partial charge on any atom is -0.264 e. The van der Waals surface area contributed by atoms with Gasteiger partial charge in [0.05, 0.1) is 24.2 Å². The van der Waals surface area contributed by atoms with Crippen LogP contribution in [0.1, 0.15) is 4.88 Å². The number of rotatable bonds is 2. The van der Waals surface area contributed by atoms with Crippen molar-refractivity contribution in [3.63, 3.8) is 0 Å². The van der Waals surface area contributed by atoms with Crippen LogP contribution in [0, 0.1) is 0 Å². The molecule has 0 aliphatic carbocycles. The van der Waals surface area contributed by atoms with Crippen molar-refractivity contribution in [1.82, 2.24) is 15.0 Å². The number of hydrogen-bond acceptors (Lipinski definition) is 7. The predicted molar refractivity (Wildman–Crippen MR) is 111 cm³/mol. The van der Waals surface area contributed by atoms with Crippen LogP contribution >= 0.6 is 11.3 Å². The van der Waals surface area contributed by atoms with Gasteiger partial charge in [0.2, 0.25) is 0 Å². The molecule has 6 rings (SSSR count). The third-order valence-corrected chi connectivity index (χ3v) is 5.95. The van der Waals surface area contributed by atoms with E-state index in [0.717, 1.165) is 56.5 Å². The number of fused-ring (bicyclic) bond motifs is 5. The molecule has 0 bridgehead atoms. The van der Waals surface area contributed by atoms with Crippen molar-refractivity contribution >= 4 is 33.1 Å². The zero-order chi connectivity index (χ0) is 18.5. The molecule has 0 saturated heterocycles. The van der Waals surface area contributed by atoms with Gasteiger partial charge in [-0.15, -0.1) is 16.5 Å². The van der Waals surface area contributed by atoms with Gasteiger partial charge in [0.15, 0.2) is 11.7 Å². The predicted octanol–water partition coefficient (Wildman–Crippen LogP) is 5.10. The van der Waals surface area contributed by atoms with E-state index in [-0.39, 0.29) is 0 Å². The minimum absolute atomic E-state index is 0.715. The fourth-order valence-electron chi connectivity index (χ4n) is 3.57. The van der Waals surface area contributed by atoms with E-state index in [1.807, 2.05) is 53.5 Å². The molecular weight excluding hydrogens is 368 g/mol. The van der Waals surface area contributed by atoms with Gasteiger partial charge in [0, 0.05) is 11.1 Å². The number of hydrogen-bond donors (Lipinski definition) is 0. The lowest BCUT2D eigenvalue weighted by Gasteiger charge is -2.15. The SMILES string of the molecule is c1ccc(-c2nc(-c3ccccc3)c3c4c(sc3n2)C2=NCCN2N=N4)cc1. The lowest BCUT2D eigenvalue weighted by atomic mass is 10.1. The highest BCUT2D eigenvalue weighted by molar-refractivity contribution is 7.21. The highest BCUT2D eigenvalue weighted by Gasteiger charge is 2.31. The van der Waals surface area contributed by atoms with Crippen LogP contribution in [0.2, 0.25) is 0 Å². The molecule has 6 nitrogen and oxygen atoms in total. The van der Waals surface area contributed by atoms with Gasteiger partial charge in [0.1, 0.15) is 15.4 Å². The first kappa shape index (κ1) is 15.6. The molecule has 0 amide bonds. The first-order valence-electron chi connectivity index (χ1n) is 9.08. The van der Waals surface area contributed by atoms with Crippen molar-refractivity contribution in [3.05, 3.63) is 65.5 Å². The molecule has 134 valence electrons. The summed E-state index contributed by atoms with van der Waals surface area (Å²) in [7, 11) is 0. The summed E-state index contributed by atoms with van der Waals surface area (Å²) in [4.78, 5) is 16.4. The first-order chi connectivity index (χ1) is 13.9. The van der Waals surface area contributed by atoms with Crippen LogP contribution in [0.15, 0.2) is 76.0 Å². The average molecular weight is 382 g/mol. The molecule has 0 fully saturated rings. The Labute approximate surface area is 164 Å². The Bertz CT molecular complexity index is 1260. The first-order valence-corrected chi connectivity index (χ1v) is 9.89. The summed E-state index contributed by atoms with van der Waals surface area (Å²) in [6, 6.07) is 20.3. The normalized spacial score (nSPS) is 14.9. The lowest BCUT2D eigenvalue weighted by Crippen LogP contribution is -2.23. The van der Waals surface area contributed by atoms with Gasteiger partial charge in [-0.25, -0.2) is 15.0 Å². The molecule has 0 radical (unpaired) electrons. The molecule has 0 spiro atoms. The van der Waals surface area contributed by atoms with Gasteiger partial charge in [-0.2, -0.15) is 0 Å². The maximum absolute atomic E-state index is 4.95. The molecule has 0 N–H and O–H groups in total. The van der Waals surface area contributed by atoms with Crippen molar-refractivity contribution in [3.8, 4) is 22.6 Å². The second-order valence-corrected chi connectivity index (χ2v) is 7.60. The standard InChI is InChI=1S/C21H14N6S/c1-3-7-13(8-4-1)16-15-17-18(20-22-11-12-27(20)26-25-17)28-21(15)24-19(23-16)14-9-5-2-6-10-14/h1-10H,11-12H2. The van der Waals surface area contributed by atoms with E-state index in [1.165, 1.54) is 0 Å². The maximum Gasteiger partial charge on any atom is 0.165 e. The summed E-state index contributed by atoms with van der Waals surface area (Å²) in [6.07, 6.45) is 0. The number of amidine groups is 1.